The van der Waals surface area contributed by atoms with Crippen LogP contribution in [0.1, 0.15) is 269 Å². The van der Waals surface area contributed by atoms with Gasteiger partial charge in [0, 0.05) is 5.92 Å². The van der Waals surface area contributed by atoms with E-state index in [0.717, 1.165) is 18.3 Å². The predicted octanol–water partition coefficient (Wildman–Crippen LogP) is 25.3. The van der Waals surface area contributed by atoms with E-state index >= 15 is 0 Å². The van der Waals surface area contributed by atoms with Gasteiger partial charge in [0.15, 0.2) is 58.2 Å². The molecule has 5 heterocycles. The average Bonchev–Trinajstić information content (AvgIpc) is 1.33. The van der Waals surface area contributed by atoms with Gasteiger partial charge in [-0.25, -0.2) is 9.59 Å². The highest BCUT2D eigenvalue weighted by Gasteiger charge is 2.46. The van der Waals surface area contributed by atoms with Crippen LogP contribution in [0.4, 0.5) is 0 Å². The van der Waals surface area contributed by atoms with Crippen molar-refractivity contribution < 1.29 is 102 Å². The molecular formula is C91H176O22Si7. The SMILES string of the molecule is CCOC(=O)[C@H](C)O.CCOC(=O)[C@H](C)O[Si](C)(C)C(C)(C)C.C[C@@H](C=O)O[Si](C)(C)C(C)(C)C.C[C@@H](C=O)O[Si](C)(C)C(C)(C)C.C[C@H](O[Si](C)(C)C(C)(C)C)[C@@H](C)c1ccco1.C[C@H](O[Si](C)(C)C(C)(C)C)[C@@H](O)c1ccco1.C[C@H](O[Si](C)(C)C(C)(C)C)[C@@H](O)c1ccco1.C[C@H](O[Si](C)(C)C(C)(C)C)[C@H](O)c1ccco1.c1ccoc1. The first-order valence-corrected chi connectivity index (χ1v) is 63.0. The van der Waals surface area contributed by atoms with E-state index in [2.05, 4.69) is 260 Å². The summed E-state index contributed by atoms with van der Waals surface area (Å²) in [6.45, 7) is 97.4. The fourth-order valence-corrected chi connectivity index (χ4v) is 18.2. The Bertz CT molecular complexity index is 3090. The lowest BCUT2D eigenvalue weighted by Gasteiger charge is -2.39. The Morgan fingerprint density at radius 3 is 0.725 bits per heavy atom. The summed E-state index contributed by atoms with van der Waals surface area (Å²) in [5, 5.41) is 40.0. The predicted molar refractivity (Wildman–Crippen MR) is 508 cm³/mol. The molecule has 0 amide bonds. The first-order chi connectivity index (χ1) is 53.8. The zero-order valence-electron chi connectivity index (χ0n) is 83.9. The van der Waals surface area contributed by atoms with Crippen LogP contribution in [0.5, 0.6) is 0 Å². The van der Waals surface area contributed by atoms with E-state index in [9.17, 15) is 34.5 Å². The lowest BCUT2D eigenvalue weighted by atomic mass is 10.0. The average molecular weight is 1820 g/mol. The maximum atomic E-state index is 11.4. The van der Waals surface area contributed by atoms with Crippen LogP contribution in [-0.2, 0) is 59.6 Å². The molecule has 12 atom stereocenters. The van der Waals surface area contributed by atoms with Crippen molar-refractivity contribution in [3.05, 3.63) is 121 Å². The molecule has 0 fully saturated rings. The van der Waals surface area contributed by atoms with Gasteiger partial charge in [-0.2, -0.15) is 0 Å². The number of furan rings is 5. The van der Waals surface area contributed by atoms with Gasteiger partial charge >= 0.3 is 11.9 Å². The van der Waals surface area contributed by atoms with Crippen molar-refractivity contribution in [2.24, 2.45) is 0 Å². The van der Waals surface area contributed by atoms with E-state index < -0.39 is 94.7 Å². The maximum Gasteiger partial charge on any atom is 0.334 e. The summed E-state index contributed by atoms with van der Waals surface area (Å²) in [4.78, 5) is 42.5. The van der Waals surface area contributed by atoms with Gasteiger partial charge in [-0.15, -0.1) is 0 Å². The number of aldehydes is 2. The molecule has 5 aromatic heterocycles. The Hall–Kier alpha value is -4.24. The molecule has 5 rings (SSSR count). The van der Waals surface area contributed by atoms with Crippen LogP contribution in [0.2, 0.25) is 127 Å². The number of rotatable bonds is 28. The normalized spacial score (nSPS) is 15.8. The molecule has 0 aliphatic heterocycles. The second kappa shape index (κ2) is 52.8. The van der Waals surface area contributed by atoms with E-state index in [1.807, 2.05) is 45.0 Å². The Morgan fingerprint density at radius 2 is 0.542 bits per heavy atom. The molecule has 22 nitrogen and oxygen atoms in total. The third kappa shape index (κ3) is 46.3. The number of hydrogen-bond acceptors (Lipinski definition) is 22. The topological polar surface area (TPSA) is 298 Å². The molecule has 4 N–H and O–H groups in total. The van der Waals surface area contributed by atoms with E-state index in [-0.39, 0.29) is 77.9 Å². The highest BCUT2D eigenvalue weighted by molar-refractivity contribution is 6.76. The van der Waals surface area contributed by atoms with Gasteiger partial charge in [0.2, 0.25) is 0 Å². The zero-order chi connectivity index (χ0) is 95.4. The molecule has 5 aromatic rings. The Kier molecular flexibility index (Phi) is 53.7. The summed E-state index contributed by atoms with van der Waals surface area (Å²) in [6.07, 6.45) is 6.81. The van der Waals surface area contributed by atoms with Crippen LogP contribution in [0.3, 0.4) is 0 Å². The second-order valence-corrected chi connectivity index (χ2v) is 74.7. The summed E-state index contributed by atoms with van der Waals surface area (Å²) in [6, 6.07) is 18.3. The van der Waals surface area contributed by atoms with Crippen LogP contribution >= 0.6 is 0 Å². The molecular weight excluding hydrogens is 1640 g/mol. The van der Waals surface area contributed by atoms with E-state index in [4.69, 9.17) is 58.5 Å². The van der Waals surface area contributed by atoms with Crippen molar-refractivity contribution in [1.82, 2.24) is 0 Å². The van der Waals surface area contributed by atoms with Crippen molar-refractivity contribution in [3.8, 4) is 0 Å². The molecule has 0 aliphatic rings. The van der Waals surface area contributed by atoms with E-state index in [0.29, 0.717) is 36.4 Å². The smallest absolute Gasteiger partial charge is 0.334 e. The number of hydrogen-bond donors (Lipinski definition) is 4. The first-order valence-electron chi connectivity index (χ1n) is 42.6. The molecule has 0 unspecified atom stereocenters. The number of carbonyl (C=O) groups is 4. The standard InChI is InChI=1S/C14H26O2Si.3C13H24O3Si.C11H24O3Si.2C9H20O2Si.C5H10O3.C4H4O/c1-11(13-9-8-10-15-13)12(2)16-17(6,7)14(3,4)5;3*1-10(12(14)11-8-7-9-15-11)16-17(5,6)13(2,3)4;1-8-13-10(12)9(2)14-15(6,7)11(3,4)5;2*1-8(7-10)11-12(5,6)9(2,3)4;1-3-8-5(7)4(2)6;1-2-4-5-3-1/h8-12H,1-7H3;3*7-10,12,14H,1-6H3;9H,8H2,1-7H3;2*7-8H,1-6H3;4,6H,3H2,1-2H3;1-4H/t11-,12+;2*10-,12+;10-,12-;9-;2*8-;4-;/m10000000./s1. The van der Waals surface area contributed by atoms with Crippen molar-refractivity contribution in [2.75, 3.05) is 13.2 Å². The fourth-order valence-electron chi connectivity index (χ4n) is 8.47. The molecule has 29 heteroatoms. The van der Waals surface area contributed by atoms with Crippen molar-refractivity contribution >= 4 is 82.7 Å². The quantitative estimate of drug-likeness (QED) is 0.0205. The second-order valence-electron chi connectivity index (χ2n) is 41.5. The van der Waals surface area contributed by atoms with Crippen LogP contribution in [0, 0.1) is 0 Å². The minimum absolute atomic E-state index is 0.119. The third-order valence-corrected chi connectivity index (χ3v) is 55.6. The minimum Gasteiger partial charge on any atom is -0.473 e. The van der Waals surface area contributed by atoms with Crippen molar-refractivity contribution in [1.29, 1.82) is 0 Å². The van der Waals surface area contributed by atoms with E-state index in [1.54, 1.807) is 109 Å². The number of carbonyl (C=O) groups excluding carboxylic acids is 4. The van der Waals surface area contributed by atoms with Gasteiger partial charge in [-0.05, 0) is 257 Å². The van der Waals surface area contributed by atoms with Crippen LogP contribution in [-0.4, -0.2) is 165 Å². The van der Waals surface area contributed by atoms with Gasteiger partial charge in [0.25, 0.3) is 0 Å². The summed E-state index contributed by atoms with van der Waals surface area (Å²) in [5.74, 6) is 2.19. The van der Waals surface area contributed by atoms with Crippen molar-refractivity contribution in [2.45, 2.75) is 422 Å². The molecule has 0 aromatic carbocycles. The monoisotopic (exact) mass is 1820 g/mol. The number of ether oxygens (including phenoxy) is 2. The van der Waals surface area contributed by atoms with Crippen LogP contribution < -0.4 is 0 Å². The lowest BCUT2D eigenvalue weighted by molar-refractivity contribution is -0.152. The van der Waals surface area contributed by atoms with Crippen LogP contribution in [0.15, 0.2) is 120 Å². The number of esters is 2. The highest BCUT2D eigenvalue weighted by atomic mass is 28.4. The van der Waals surface area contributed by atoms with Gasteiger partial charge in [-0.1, -0.05) is 152 Å². The molecule has 0 radical (unpaired) electrons. The molecule has 0 aliphatic carbocycles. The molecule has 700 valence electrons. The van der Waals surface area contributed by atoms with Gasteiger partial charge in [0.05, 0.1) is 87.4 Å². The Balaban J connectivity index is -0.000000640. The highest BCUT2D eigenvalue weighted by Crippen LogP contribution is 2.44. The van der Waals surface area contributed by atoms with Gasteiger partial charge < -0.3 is 92.6 Å². The summed E-state index contributed by atoms with van der Waals surface area (Å²) >= 11 is 0. The Labute approximate surface area is 736 Å². The number of aliphatic hydroxyl groups excluding tert-OH is 4. The summed E-state index contributed by atoms with van der Waals surface area (Å²) < 4.78 is 77.0. The largest absolute Gasteiger partial charge is 0.473 e. The molecule has 120 heavy (non-hydrogen) atoms. The fraction of sp³-hybridized carbons (Fsp3) is 0.736. The zero-order valence-corrected chi connectivity index (χ0v) is 90.9. The van der Waals surface area contributed by atoms with Gasteiger partial charge in [-0.3, -0.25) is 0 Å². The minimum atomic E-state index is -1.86. The summed E-state index contributed by atoms with van der Waals surface area (Å²) in [5.41, 5.74) is 0. The first kappa shape index (κ1) is 122. The molecule has 0 bridgehead atoms. The van der Waals surface area contributed by atoms with Crippen molar-refractivity contribution in [3.63, 3.8) is 0 Å². The molecule has 0 saturated heterocycles. The lowest BCUT2D eigenvalue weighted by Crippen LogP contribution is -2.45. The van der Waals surface area contributed by atoms with Crippen LogP contribution in [0.25, 0.3) is 0 Å². The third-order valence-electron chi connectivity index (χ3n) is 23.6. The van der Waals surface area contributed by atoms with Gasteiger partial charge in [0.1, 0.15) is 66.1 Å². The Morgan fingerprint density at radius 1 is 0.325 bits per heavy atom. The van der Waals surface area contributed by atoms with E-state index in [1.165, 1.54) is 6.92 Å². The number of aliphatic hydroxyl groups is 4. The molecule has 0 spiro atoms. The summed E-state index contributed by atoms with van der Waals surface area (Å²) in [7, 11) is -12.5. The molecule has 0 saturated carbocycles. The maximum absolute atomic E-state index is 11.4.